The molecule has 3 aliphatic heterocycles. The van der Waals surface area contributed by atoms with Crippen molar-refractivity contribution < 1.29 is 19.4 Å². The maximum atomic E-state index is 10.6. The molecule has 0 aliphatic carbocycles. The van der Waals surface area contributed by atoms with Crippen molar-refractivity contribution in [2.24, 2.45) is 5.92 Å². The lowest BCUT2D eigenvalue weighted by atomic mass is 9.89. The van der Waals surface area contributed by atoms with E-state index in [9.17, 15) is 4.79 Å². The largest absolute Gasteiger partial charge is 0.481 e. The van der Waals surface area contributed by atoms with Gasteiger partial charge in [0.05, 0.1) is 12.0 Å². The van der Waals surface area contributed by atoms with Gasteiger partial charge in [0.15, 0.2) is 0 Å². The van der Waals surface area contributed by atoms with Gasteiger partial charge in [0.25, 0.3) is 0 Å². The lowest BCUT2D eigenvalue weighted by molar-refractivity contribution is -0.143. The van der Waals surface area contributed by atoms with Crippen LogP contribution in [0.25, 0.3) is 0 Å². The zero-order valence-corrected chi connectivity index (χ0v) is 5.77. The van der Waals surface area contributed by atoms with E-state index in [1.54, 1.807) is 0 Å². The van der Waals surface area contributed by atoms with Gasteiger partial charge < -0.3 is 14.6 Å². The molecule has 0 radical (unpaired) electrons. The van der Waals surface area contributed by atoms with Gasteiger partial charge in [0.2, 0.25) is 0 Å². The lowest BCUT2D eigenvalue weighted by Crippen LogP contribution is -2.30. The normalized spacial score (nSPS) is 57.6. The Morgan fingerprint density at radius 1 is 1.27 bits per heavy atom. The van der Waals surface area contributed by atoms with Gasteiger partial charge in [0, 0.05) is 0 Å². The molecule has 3 saturated heterocycles. The second kappa shape index (κ2) is 1.59. The number of fused-ring (bicyclic) bond motifs is 5. The van der Waals surface area contributed by atoms with Gasteiger partial charge in [0.1, 0.15) is 18.3 Å². The van der Waals surface area contributed by atoms with E-state index < -0.39 is 5.97 Å². The number of hydrogen-bond donors (Lipinski definition) is 1. The van der Waals surface area contributed by atoms with Gasteiger partial charge in [-0.25, -0.2) is 0 Å². The molecule has 0 aromatic rings. The van der Waals surface area contributed by atoms with Gasteiger partial charge in [-0.2, -0.15) is 0 Å². The highest BCUT2D eigenvalue weighted by Crippen LogP contribution is 2.50. The number of carboxylic acids is 1. The van der Waals surface area contributed by atoms with Crippen molar-refractivity contribution in [2.45, 2.75) is 30.8 Å². The molecule has 60 valence electrons. The van der Waals surface area contributed by atoms with Crippen LogP contribution >= 0.6 is 0 Å². The van der Waals surface area contributed by atoms with Crippen LogP contribution in [0.15, 0.2) is 0 Å². The molecule has 3 rings (SSSR count). The molecular formula is C7H8O4. The Bertz CT molecular complexity index is 226. The molecule has 3 fully saturated rings. The summed E-state index contributed by atoms with van der Waals surface area (Å²) in [5, 5.41) is 8.74. The predicted molar refractivity (Wildman–Crippen MR) is 33.1 cm³/mol. The number of rotatable bonds is 1. The Labute approximate surface area is 63.1 Å². The minimum atomic E-state index is -0.744. The molecule has 0 aromatic heterocycles. The van der Waals surface area contributed by atoms with Crippen molar-refractivity contribution in [1.82, 2.24) is 0 Å². The van der Waals surface area contributed by atoms with Crippen molar-refractivity contribution in [2.75, 3.05) is 0 Å². The van der Waals surface area contributed by atoms with Crippen LogP contribution in [0.2, 0.25) is 0 Å². The van der Waals surface area contributed by atoms with Gasteiger partial charge in [-0.1, -0.05) is 0 Å². The Balaban J connectivity index is 1.87. The highest BCUT2D eigenvalue weighted by atomic mass is 16.7. The molecule has 11 heavy (non-hydrogen) atoms. The average molecular weight is 156 g/mol. The standard InChI is InChI=1S/C7H8O4/c8-7(9)2-1-3-5-6(11-5)4(2)10-3/h2-6H,1H2,(H,8,9)/t2-,3-,4-,5+,6-/m0/s1. The third-order valence-electron chi connectivity index (χ3n) is 2.78. The number of carboxylic acid groups (broad SMARTS) is 1. The molecule has 3 heterocycles. The second-order valence-electron chi connectivity index (χ2n) is 3.38. The molecule has 0 amide bonds. The van der Waals surface area contributed by atoms with Crippen LogP contribution in [-0.4, -0.2) is 35.5 Å². The number of epoxide rings is 1. The van der Waals surface area contributed by atoms with Crippen LogP contribution in [-0.2, 0) is 14.3 Å². The maximum Gasteiger partial charge on any atom is 0.309 e. The molecule has 0 unspecified atom stereocenters. The van der Waals surface area contributed by atoms with Crippen LogP contribution in [0.1, 0.15) is 6.42 Å². The minimum Gasteiger partial charge on any atom is -0.481 e. The molecule has 5 atom stereocenters. The molecule has 2 bridgehead atoms. The second-order valence-corrected chi connectivity index (χ2v) is 3.38. The monoisotopic (exact) mass is 156 g/mol. The zero-order valence-electron chi connectivity index (χ0n) is 5.77. The first-order chi connectivity index (χ1) is 5.27. The quantitative estimate of drug-likeness (QED) is 0.526. The van der Waals surface area contributed by atoms with E-state index in [4.69, 9.17) is 14.6 Å². The van der Waals surface area contributed by atoms with Gasteiger partial charge in [-0.05, 0) is 6.42 Å². The molecule has 0 saturated carbocycles. The van der Waals surface area contributed by atoms with E-state index in [1.807, 2.05) is 0 Å². The van der Waals surface area contributed by atoms with Crippen LogP contribution in [0, 0.1) is 5.92 Å². The first kappa shape index (κ1) is 5.97. The van der Waals surface area contributed by atoms with Crippen molar-refractivity contribution in [3.05, 3.63) is 0 Å². The summed E-state index contributed by atoms with van der Waals surface area (Å²) < 4.78 is 10.6. The summed E-state index contributed by atoms with van der Waals surface area (Å²) in [4.78, 5) is 10.6. The Morgan fingerprint density at radius 2 is 2.09 bits per heavy atom. The van der Waals surface area contributed by atoms with E-state index in [0.29, 0.717) is 6.42 Å². The third-order valence-corrected chi connectivity index (χ3v) is 2.78. The summed E-state index contributed by atoms with van der Waals surface area (Å²) in [5.74, 6) is -1.06. The Morgan fingerprint density at radius 3 is 2.64 bits per heavy atom. The first-order valence-electron chi connectivity index (χ1n) is 3.81. The minimum absolute atomic E-state index is 0.0751. The van der Waals surface area contributed by atoms with E-state index in [-0.39, 0.29) is 30.3 Å². The topological polar surface area (TPSA) is 59.1 Å². The van der Waals surface area contributed by atoms with Crippen LogP contribution < -0.4 is 0 Å². The summed E-state index contributed by atoms with van der Waals surface area (Å²) >= 11 is 0. The number of carbonyl (C=O) groups is 1. The molecule has 0 spiro atoms. The Kier molecular flexibility index (Phi) is 0.863. The summed E-state index contributed by atoms with van der Waals surface area (Å²) in [6.45, 7) is 0. The number of ether oxygens (including phenoxy) is 2. The fraction of sp³-hybridized carbons (Fsp3) is 0.857. The summed E-state index contributed by atoms with van der Waals surface area (Å²) in [6.07, 6.45) is 0.903. The van der Waals surface area contributed by atoms with E-state index in [2.05, 4.69) is 0 Å². The van der Waals surface area contributed by atoms with Gasteiger partial charge >= 0.3 is 5.97 Å². The van der Waals surface area contributed by atoms with E-state index >= 15 is 0 Å². The van der Waals surface area contributed by atoms with Crippen molar-refractivity contribution in [3.8, 4) is 0 Å². The van der Waals surface area contributed by atoms with Crippen LogP contribution in [0.5, 0.6) is 0 Å². The summed E-state index contributed by atoms with van der Waals surface area (Å²) in [5.41, 5.74) is 0. The first-order valence-corrected chi connectivity index (χ1v) is 3.81. The molecule has 3 aliphatic rings. The van der Waals surface area contributed by atoms with Crippen LogP contribution in [0.4, 0.5) is 0 Å². The van der Waals surface area contributed by atoms with Gasteiger partial charge in [-0.15, -0.1) is 0 Å². The lowest BCUT2D eigenvalue weighted by Gasteiger charge is -2.10. The highest BCUT2D eigenvalue weighted by molar-refractivity contribution is 5.72. The molecule has 4 nitrogen and oxygen atoms in total. The number of hydrogen-bond acceptors (Lipinski definition) is 3. The molecule has 0 aromatic carbocycles. The SMILES string of the molecule is O=C(O)[C@H]1C[C@@H]2O[C@@H]1[C@@H]1O[C@@H]12. The van der Waals surface area contributed by atoms with E-state index in [1.165, 1.54) is 0 Å². The maximum absolute atomic E-state index is 10.6. The van der Waals surface area contributed by atoms with Gasteiger partial charge in [-0.3, -0.25) is 4.79 Å². The molecular weight excluding hydrogens is 148 g/mol. The smallest absolute Gasteiger partial charge is 0.309 e. The molecule has 4 heteroatoms. The zero-order chi connectivity index (χ0) is 7.59. The third kappa shape index (κ3) is 0.594. The summed E-state index contributed by atoms with van der Waals surface area (Å²) in [7, 11) is 0. The van der Waals surface area contributed by atoms with Crippen molar-refractivity contribution in [1.29, 1.82) is 0 Å². The predicted octanol–water partition coefficient (Wildman–Crippen LogP) is -0.374. The van der Waals surface area contributed by atoms with Crippen LogP contribution in [0.3, 0.4) is 0 Å². The number of aliphatic carboxylic acids is 1. The highest BCUT2D eigenvalue weighted by Gasteiger charge is 2.66. The average Bonchev–Trinajstić information content (AvgIpc) is 2.57. The molecule has 1 N–H and O–H groups in total. The fourth-order valence-electron chi connectivity index (χ4n) is 2.20. The fourth-order valence-corrected chi connectivity index (χ4v) is 2.20. The van der Waals surface area contributed by atoms with Crippen molar-refractivity contribution in [3.63, 3.8) is 0 Å². The van der Waals surface area contributed by atoms with Crippen molar-refractivity contribution >= 4 is 5.97 Å². The Hall–Kier alpha value is -0.610. The summed E-state index contributed by atoms with van der Waals surface area (Å²) in [6, 6.07) is 0. The van der Waals surface area contributed by atoms with E-state index in [0.717, 1.165) is 0 Å².